The van der Waals surface area contributed by atoms with Crippen molar-refractivity contribution in [2.45, 2.75) is 32.2 Å². The molecule has 0 bridgehead atoms. The number of amides is 1. The van der Waals surface area contributed by atoms with Gasteiger partial charge in [-0.1, -0.05) is 47.3 Å². The molecule has 0 aliphatic carbocycles. The molecule has 0 aliphatic rings. The first kappa shape index (κ1) is 20.3. The number of hydrogen-bond donors (Lipinski definition) is 3. The summed E-state index contributed by atoms with van der Waals surface area (Å²) in [6.07, 6.45) is 2.40. The van der Waals surface area contributed by atoms with Gasteiger partial charge in [-0.05, 0) is 12.8 Å². The first-order chi connectivity index (χ1) is 10.0. The molecular weight excluding hydrogens is 328 g/mol. The Hall–Kier alpha value is -0.730. The highest BCUT2D eigenvalue weighted by atomic mass is 33.1. The molecule has 8 heteroatoms. The summed E-state index contributed by atoms with van der Waals surface area (Å²) in [5, 5.41) is 14.6. The number of hydrogen-bond acceptors (Lipinski definition) is 6. The zero-order chi connectivity index (χ0) is 16.1. The van der Waals surface area contributed by atoms with Crippen molar-refractivity contribution in [3.05, 3.63) is 12.3 Å². The maximum absolute atomic E-state index is 11.9. The third kappa shape index (κ3) is 11.6. The van der Waals surface area contributed by atoms with Gasteiger partial charge >= 0.3 is 0 Å². The minimum Gasteiger partial charge on any atom is -0.513 e. The van der Waals surface area contributed by atoms with Crippen LogP contribution in [0.3, 0.4) is 0 Å². The minimum atomic E-state index is -0.459. The Bertz CT molecular complexity index is 365. The van der Waals surface area contributed by atoms with Crippen LogP contribution in [0.4, 0.5) is 0 Å². The van der Waals surface area contributed by atoms with Crippen molar-refractivity contribution in [1.82, 2.24) is 10.6 Å². The van der Waals surface area contributed by atoms with E-state index in [4.69, 9.17) is 17.3 Å². The number of nitrogens with one attached hydrogen (secondary N) is 2. The maximum Gasteiger partial charge on any atom is 0.243 e. The number of aldehydes is 1. The van der Waals surface area contributed by atoms with Crippen LogP contribution in [0.2, 0.25) is 0 Å². The monoisotopic (exact) mass is 350 g/mol. The average Bonchev–Trinajstić information content (AvgIpc) is 2.43. The van der Waals surface area contributed by atoms with Gasteiger partial charge in [0.2, 0.25) is 5.91 Å². The molecule has 1 atom stereocenters. The molecule has 1 unspecified atom stereocenters. The smallest absolute Gasteiger partial charge is 0.243 e. The number of aliphatic hydroxyl groups excluding tert-OH is 1. The second kappa shape index (κ2) is 13.0. The number of rotatable bonds is 12. The molecule has 0 spiro atoms. The second-order valence-electron chi connectivity index (χ2n) is 4.14. The van der Waals surface area contributed by atoms with E-state index in [1.165, 1.54) is 0 Å². The molecule has 0 aromatic rings. The van der Waals surface area contributed by atoms with Crippen LogP contribution in [0, 0.1) is 0 Å². The molecule has 1 amide bonds. The average molecular weight is 351 g/mol. The van der Waals surface area contributed by atoms with Crippen LogP contribution >= 0.6 is 33.8 Å². The minimum absolute atomic E-state index is 0.000299. The summed E-state index contributed by atoms with van der Waals surface area (Å²) in [6.45, 7) is 5.45. The van der Waals surface area contributed by atoms with Gasteiger partial charge in [0.25, 0.3) is 0 Å². The first-order valence-corrected chi connectivity index (χ1v) is 9.52. The number of carbonyl (C=O) groups excluding carboxylic acids is 2. The molecule has 0 saturated heterocycles. The third-order valence-electron chi connectivity index (χ3n) is 2.32. The van der Waals surface area contributed by atoms with Crippen LogP contribution in [0.15, 0.2) is 12.3 Å². The predicted octanol–water partition coefficient (Wildman–Crippen LogP) is 2.23. The molecule has 0 saturated carbocycles. The Morgan fingerprint density at radius 2 is 2.14 bits per heavy atom. The van der Waals surface area contributed by atoms with Crippen LogP contribution < -0.4 is 10.6 Å². The van der Waals surface area contributed by atoms with E-state index in [2.05, 4.69) is 17.2 Å². The highest BCUT2D eigenvalue weighted by Gasteiger charge is 2.19. The molecule has 0 aromatic heterocycles. The van der Waals surface area contributed by atoms with E-state index in [0.29, 0.717) is 36.3 Å². The summed E-state index contributed by atoms with van der Waals surface area (Å²) in [5.41, 5.74) is 0. The highest BCUT2D eigenvalue weighted by molar-refractivity contribution is 8.76. The number of thiocarbonyl (C=S) groups is 1. The van der Waals surface area contributed by atoms with Gasteiger partial charge in [0.15, 0.2) is 0 Å². The van der Waals surface area contributed by atoms with Gasteiger partial charge in [-0.15, -0.1) is 0 Å². The summed E-state index contributed by atoms with van der Waals surface area (Å²) >= 11 is 5.20. The zero-order valence-electron chi connectivity index (χ0n) is 12.1. The normalized spacial score (nSPS) is 11.5. The van der Waals surface area contributed by atoms with E-state index in [9.17, 15) is 9.59 Å². The summed E-state index contributed by atoms with van der Waals surface area (Å²) in [5.74, 6) is 1.42. The number of carbonyl (C=O) groups is 2. The fraction of sp³-hybridized carbons (Fsp3) is 0.615. The maximum atomic E-state index is 11.9. The van der Waals surface area contributed by atoms with Crippen LogP contribution in [-0.2, 0) is 9.59 Å². The standard InChI is InChI=1S/C13H22N2O3S3/c1-3-20-21-9-11(13(18)14-7-8-16)15-12(19)6-4-5-10(2)17/h8,11,17H,2-7,9H2,1H3,(H,14,18)(H,15,19). The van der Waals surface area contributed by atoms with Crippen molar-refractivity contribution in [1.29, 1.82) is 0 Å². The lowest BCUT2D eigenvalue weighted by atomic mass is 10.2. The molecule has 0 fully saturated rings. The van der Waals surface area contributed by atoms with E-state index in [-0.39, 0.29) is 18.2 Å². The largest absolute Gasteiger partial charge is 0.513 e. The number of aliphatic hydroxyl groups is 1. The van der Waals surface area contributed by atoms with E-state index in [1.54, 1.807) is 21.6 Å². The van der Waals surface area contributed by atoms with Gasteiger partial charge in [-0.2, -0.15) is 0 Å². The van der Waals surface area contributed by atoms with E-state index < -0.39 is 6.04 Å². The molecule has 120 valence electrons. The Labute approximate surface area is 139 Å². The van der Waals surface area contributed by atoms with Crippen LogP contribution in [-0.4, -0.2) is 46.4 Å². The SMILES string of the molecule is C=C(O)CCCC(=S)NC(CSSCC)C(=O)NCC=O. The zero-order valence-corrected chi connectivity index (χ0v) is 14.5. The van der Waals surface area contributed by atoms with Gasteiger partial charge in [-0.25, -0.2) is 0 Å². The summed E-state index contributed by atoms with van der Waals surface area (Å²) < 4.78 is 0. The van der Waals surface area contributed by atoms with E-state index in [1.807, 2.05) is 6.92 Å². The quantitative estimate of drug-likeness (QED) is 0.164. The van der Waals surface area contributed by atoms with Gasteiger partial charge in [0, 0.05) is 17.9 Å². The Morgan fingerprint density at radius 1 is 1.43 bits per heavy atom. The molecular formula is C13H22N2O3S3. The van der Waals surface area contributed by atoms with Gasteiger partial charge in [0.1, 0.15) is 12.3 Å². The van der Waals surface area contributed by atoms with Crippen molar-refractivity contribution >= 4 is 51.0 Å². The summed E-state index contributed by atoms with van der Waals surface area (Å²) in [7, 11) is 3.25. The molecule has 0 rings (SSSR count). The van der Waals surface area contributed by atoms with Crippen LogP contribution in [0.25, 0.3) is 0 Å². The Kier molecular flexibility index (Phi) is 12.5. The van der Waals surface area contributed by atoms with Gasteiger partial charge in [-0.3, -0.25) is 4.79 Å². The van der Waals surface area contributed by atoms with Crippen molar-refractivity contribution < 1.29 is 14.7 Å². The molecule has 0 aliphatic heterocycles. The predicted molar refractivity (Wildman–Crippen MR) is 94.8 cm³/mol. The Morgan fingerprint density at radius 3 is 2.71 bits per heavy atom. The highest BCUT2D eigenvalue weighted by Crippen LogP contribution is 2.21. The van der Waals surface area contributed by atoms with E-state index in [0.717, 1.165) is 5.75 Å². The topological polar surface area (TPSA) is 78.4 Å². The molecule has 0 heterocycles. The van der Waals surface area contributed by atoms with Crippen molar-refractivity contribution in [3.8, 4) is 0 Å². The molecule has 5 nitrogen and oxygen atoms in total. The van der Waals surface area contributed by atoms with Crippen molar-refractivity contribution in [2.24, 2.45) is 0 Å². The van der Waals surface area contributed by atoms with E-state index >= 15 is 0 Å². The molecule has 3 N–H and O–H groups in total. The lowest BCUT2D eigenvalue weighted by molar-refractivity contribution is -0.123. The van der Waals surface area contributed by atoms with Crippen LogP contribution in [0.5, 0.6) is 0 Å². The summed E-state index contributed by atoms with van der Waals surface area (Å²) in [4.78, 5) is 22.8. The van der Waals surface area contributed by atoms with Crippen LogP contribution in [0.1, 0.15) is 26.2 Å². The molecule has 0 radical (unpaired) electrons. The van der Waals surface area contributed by atoms with Crippen molar-refractivity contribution in [2.75, 3.05) is 18.1 Å². The lowest BCUT2D eigenvalue weighted by Crippen LogP contribution is -2.48. The van der Waals surface area contributed by atoms with Gasteiger partial charge < -0.3 is 20.5 Å². The van der Waals surface area contributed by atoms with Crippen molar-refractivity contribution in [3.63, 3.8) is 0 Å². The Balaban J connectivity index is 4.29. The summed E-state index contributed by atoms with van der Waals surface area (Å²) in [6, 6.07) is -0.459. The lowest BCUT2D eigenvalue weighted by Gasteiger charge is -2.18. The second-order valence-corrected chi connectivity index (χ2v) is 7.43. The molecule has 0 aromatic carbocycles. The first-order valence-electron chi connectivity index (χ1n) is 6.63. The number of allylic oxidation sites excluding steroid dienone is 1. The third-order valence-corrected chi connectivity index (χ3v) is 5.13. The molecule has 21 heavy (non-hydrogen) atoms. The van der Waals surface area contributed by atoms with Gasteiger partial charge in [0.05, 0.1) is 17.3 Å². The fourth-order valence-corrected chi connectivity index (χ4v) is 3.48. The fourth-order valence-electron chi connectivity index (χ4n) is 1.37.